The summed E-state index contributed by atoms with van der Waals surface area (Å²) in [6, 6.07) is 5.84. The SMILES string of the molecule is C[C@](C#N)(NC(=O)COC(=O)Cc1csc(-c2cccnc2)n1)C1CC1. The summed E-state index contributed by atoms with van der Waals surface area (Å²) in [7, 11) is 0. The van der Waals surface area contributed by atoms with Crippen LogP contribution in [0.4, 0.5) is 0 Å². The first-order chi connectivity index (χ1) is 12.5. The van der Waals surface area contributed by atoms with Gasteiger partial charge in [-0.15, -0.1) is 11.3 Å². The first kappa shape index (κ1) is 18.0. The molecule has 1 N–H and O–H groups in total. The lowest BCUT2D eigenvalue weighted by molar-refractivity contribution is -0.148. The number of thiazole rings is 1. The maximum atomic E-state index is 11.9. The Bertz CT molecular complexity index is 842. The van der Waals surface area contributed by atoms with Crippen LogP contribution in [-0.4, -0.2) is 34.0 Å². The van der Waals surface area contributed by atoms with Gasteiger partial charge < -0.3 is 10.1 Å². The molecule has 3 rings (SSSR count). The van der Waals surface area contributed by atoms with Gasteiger partial charge in [0.2, 0.25) is 0 Å². The lowest BCUT2D eigenvalue weighted by Gasteiger charge is -2.22. The molecular weight excluding hydrogens is 352 g/mol. The van der Waals surface area contributed by atoms with Crippen LogP contribution in [0.15, 0.2) is 29.9 Å². The van der Waals surface area contributed by atoms with Gasteiger partial charge in [0.1, 0.15) is 10.5 Å². The molecule has 0 spiro atoms. The molecular formula is C18H18N4O3S. The fraction of sp³-hybridized carbons (Fsp3) is 0.389. The van der Waals surface area contributed by atoms with Crippen molar-refractivity contribution in [3.8, 4) is 16.6 Å². The molecule has 0 aromatic carbocycles. The van der Waals surface area contributed by atoms with Crippen LogP contribution in [0.3, 0.4) is 0 Å². The third-order valence-electron chi connectivity index (χ3n) is 4.18. The van der Waals surface area contributed by atoms with Gasteiger partial charge in [-0.3, -0.25) is 14.6 Å². The van der Waals surface area contributed by atoms with Crippen LogP contribution in [0.25, 0.3) is 10.6 Å². The average Bonchev–Trinajstić information content (AvgIpc) is 3.41. The van der Waals surface area contributed by atoms with Crippen molar-refractivity contribution in [3.63, 3.8) is 0 Å². The van der Waals surface area contributed by atoms with E-state index in [1.54, 1.807) is 24.7 Å². The largest absolute Gasteiger partial charge is 0.455 e. The number of hydrogen-bond acceptors (Lipinski definition) is 7. The quantitative estimate of drug-likeness (QED) is 0.748. The molecule has 0 bridgehead atoms. The number of carbonyl (C=O) groups excluding carboxylic acids is 2. The van der Waals surface area contributed by atoms with Crippen LogP contribution in [0.1, 0.15) is 25.5 Å². The van der Waals surface area contributed by atoms with Gasteiger partial charge in [-0.1, -0.05) is 0 Å². The van der Waals surface area contributed by atoms with Gasteiger partial charge in [0.25, 0.3) is 5.91 Å². The van der Waals surface area contributed by atoms with E-state index in [-0.39, 0.29) is 12.3 Å². The average molecular weight is 370 g/mol. The van der Waals surface area contributed by atoms with Gasteiger partial charge in [-0.2, -0.15) is 5.26 Å². The molecule has 1 aliphatic rings. The summed E-state index contributed by atoms with van der Waals surface area (Å²) in [5.41, 5.74) is 0.572. The van der Waals surface area contributed by atoms with E-state index >= 15 is 0 Å². The van der Waals surface area contributed by atoms with E-state index in [1.807, 2.05) is 12.1 Å². The topological polar surface area (TPSA) is 105 Å². The molecule has 7 nitrogen and oxygen atoms in total. The summed E-state index contributed by atoms with van der Waals surface area (Å²) in [6.45, 7) is 1.29. The molecule has 2 aromatic heterocycles. The number of esters is 1. The predicted molar refractivity (Wildman–Crippen MR) is 94.9 cm³/mol. The molecule has 0 aliphatic heterocycles. The molecule has 0 radical (unpaired) electrons. The minimum absolute atomic E-state index is 0.0117. The maximum absolute atomic E-state index is 11.9. The third kappa shape index (κ3) is 4.43. The second kappa shape index (κ2) is 7.62. The second-order valence-corrected chi connectivity index (χ2v) is 7.22. The Labute approximate surface area is 155 Å². The number of nitrogens with zero attached hydrogens (tertiary/aromatic N) is 3. The van der Waals surface area contributed by atoms with Gasteiger partial charge in [0, 0.05) is 23.3 Å². The van der Waals surface area contributed by atoms with Crippen molar-refractivity contribution in [2.45, 2.75) is 31.7 Å². The van der Waals surface area contributed by atoms with Gasteiger partial charge in [0.05, 0.1) is 18.2 Å². The van der Waals surface area contributed by atoms with Crippen molar-refractivity contribution in [3.05, 3.63) is 35.6 Å². The highest BCUT2D eigenvalue weighted by Gasteiger charge is 2.43. The Morgan fingerprint density at radius 1 is 1.50 bits per heavy atom. The summed E-state index contributed by atoms with van der Waals surface area (Å²) in [5.74, 6) is -0.829. The Hall–Kier alpha value is -2.79. The number of nitriles is 1. The van der Waals surface area contributed by atoms with E-state index < -0.39 is 24.0 Å². The minimum atomic E-state index is -0.892. The fourth-order valence-corrected chi connectivity index (χ4v) is 3.37. The van der Waals surface area contributed by atoms with E-state index in [0.29, 0.717) is 5.69 Å². The van der Waals surface area contributed by atoms with Crippen LogP contribution in [-0.2, 0) is 20.7 Å². The van der Waals surface area contributed by atoms with Crippen molar-refractivity contribution in [1.82, 2.24) is 15.3 Å². The Morgan fingerprint density at radius 3 is 2.96 bits per heavy atom. The number of hydrogen-bond donors (Lipinski definition) is 1. The summed E-state index contributed by atoms with van der Waals surface area (Å²) < 4.78 is 5.01. The van der Waals surface area contributed by atoms with Gasteiger partial charge >= 0.3 is 5.97 Å². The number of carbonyl (C=O) groups is 2. The Morgan fingerprint density at radius 2 is 2.31 bits per heavy atom. The summed E-state index contributed by atoms with van der Waals surface area (Å²) in [4.78, 5) is 32.3. The van der Waals surface area contributed by atoms with Crippen molar-refractivity contribution < 1.29 is 14.3 Å². The normalized spacial score (nSPS) is 15.5. The van der Waals surface area contributed by atoms with Gasteiger partial charge in [-0.25, -0.2) is 4.98 Å². The lowest BCUT2D eigenvalue weighted by Crippen LogP contribution is -2.48. The third-order valence-corrected chi connectivity index (χ3v) is 5.12. The first-order valence-electron chi connectivity index (χ1n) is 8.23. The number of pyridine rings is 1. The van der Waals surface area contributed by atoms with E-state index in [1.165, 1.54) is 11.3 Å². The molecule has 1 atom stereocenters. The Kier molecular flexibility index (Phi) is 5.28. The van der Waals surface area contributed by atoms with Gasteiger partial charge in [0.15, 0.2) is 6.61 Å². The predicted octanol–water partition coefficient (Wildman–Crippen LogP) is 2.10. The molecule has 0 unspecified atom stereocenters. The standard InChI is InChI=1S/C18H18N4O3S/c1-18(11-19,13-4-5-13)22-15(23)9-25-16(24)7-14-10-26-17(21-14)12-3-2-6-20-8-12/h2-3,6,8,10,13H,4-5,7,9H2,1H3,(H,22,23)/t18-/m1/s1. The molecule has 1 aliphatic carbocycles. The fourth-order valence-electron chi connectivity index (χ4n) is 2.56. The highest BCUT2D eigenvalue weighted by atomic mass is 32.1. The molecule has 8 heteroatoms. The van der Waals surface area contributed by atoms with Gasteiger partial charge in [-0.05, 0) is 37.8 Å². The van der Waals surface area contributed by atoms with Crippen molar-refractivity contribution in [2.75, 3.05) is 6.61 Å². The molecule has 2 aromatic rings. The number of aromatic nitrogens is 2. The van der Waals surface area contributed by atoms with Crippen LogP contribution in [0, 0.1) is 17.2 Å². The zero-order valence-electron chi connectivity index (χ0n) is 14.3. The molecule has 0 saturated heterocycles. The number of amides is 1. The van der Waals surface area contributed by atoms with E-state index in [0.717, 1.165) is 23.4 Å². The van der Waals surface area contributed by atoms with Crippen LogP contribution < -0.4 is 5.32 Å². The van der Waals surface area contributed by atoms with Crippen LogP contribution in [0.5, 0.6) is 0 Å². The zero-order valence-corrected chi connectivity index (χ0v) is 15.1. The van der Waals surface area contributed by atoms with E-state index in [9.17, 15) is 14.9 Å². The second-order valence-electron chi connectivity index (χ2n) is 6.36. The summed E-state index contributed by atoms with van der Waals surface area (Å²) >= 11 is 1.42. The number of rotatable bonds is 7. The summed E-state index contributed by atoms with van der Waals surface area (Å²) in [6.07, 6.45) is 5.22. The van der Waals surface area contributed by atoms with Crippen molar-refractivity contribution >= 4 is 23.2 Å². The van der Waals surface area contributed by atoms with Crippen molar-refractivity contribution in [2.24, 2.45) is 5.92 Å². The Balaban J connectivity index is 1.48. The minimum Gasteiger partial charge on any atom is -0.455 e. The smallest absolute Gasteiger partial charge is 0.312 e. The molecule has 1 amide bonds. The number of ether oxygens (including phenoxy) is 1. The molecule has 2 heterocycles. The highest BCUT2D eigenvalue weighted by Crippen LogP contribution is 2.39. The lowest BCUT2D eigenvalue weighted by atomic mass is 9.98. The van der Waals surface area contributed by atoms with E-state index in [2.05, 4.69) is 21.4 Å². The highest BCUT2D eigenvalue weighted by molar-refractivity contribution is 7.13. The van der Waals surface area contributed by atoms with E-state index in [4.69, 9.17) is 4.74 Å². The molecule has 26 heavy (non-hydrogen) atoms. The summed E-state index contributed by atoms with van der Waals surface area (Å²) in [5, 5.41) is 14.4. The molecule has 1 fully saturated rings. The monoisotopic (exact) mass is 370 g/mol. The molecule has 1 saturated carbocycles. The molecule has 134 valence electrons. The zero-order chi connectivity index (χ0) is 18.6. The maximum Gasteiger partial charge on any atom is 0.312 e. The van der Waals surface area contributed by atoms with Crippen LogP contribution >= 0.6 is 11.3 Å². The number of nitrogens with one attached hydrogen (secondary N) is 1. The first-order valence-corrected chi connectivity index (χ1v) is 9.11. The van der Waals surface area contributed by atoms with Crippen molar-refractivity contribution in [1.29, 1.82) is 5.26 Å². The van der Waals surface area contributed by atoms with Crippen LogP contribution in [0.2, 0.25) is 0 Å².